The van der Waals surface area contributed by atoms with Gasteiger partial charge in [-0.05, 0) is 25.7 Å². The number of amides is 2. The van der Waals surface area contributed by atoms with Crippen molar-refractivity contribution in [1.82, 2.24) is 5.32 Å². The fourth-order valence-corrected chi connectivity index (χ4v) is 2.40. The number of primary amides is 1. The molecule has 0 aromatic carbocycles. The first-order valence-electron chi connectivity index (χ1n) is 6.43. The van der Waals surface area contributed by atoms with Gasteiger partial charge in [-0.15, -0.1) is 0 Å². The number of nitrogens with one attached hydrogen (secondary N) is 1. The van der Waals surface area contributed by atoms with E-state index in [4.69, 9.17) is 28.4 Å². The number of carbonyl (C=O) groups excluding carboxylic acids is 2. The zero-order chi connectivity index (χ0) is 14.3. The first kappa shape index (κ1) is 15.8. The molecule has 1 heterocycles. The molecule has 6 nitrogen and oxygen atoms in total. The van der Waals surface area contributed by atoms with Crippen molar-refractivity contribution in [3.8, 4) is 0 Å². The molecule has 1 aliphatic heterocycles. The number of thiocarbonyl (C=S) groups is 1. The van der Waals surface area contributed by atoms with Gasteiger partial charge < -0.3 is 21.5 Å². The van der Waals surface area contributed by atoms with Gasteiger partial charge >= 0.3 is 0 Å². The molecule has 1 aliphatic rings. The minimum atomic E-state index is -0.780. The maximum atomic E-state index is 12.2. The maximum Gasteiger partial charge on any atom is 0.233 e. The highest BCUT2D eigenvalue weighted by Gasteiger charge is 2.42. The van der Waals surface area contributed by atoms with Crippen LogP contribution >= 0.6 is 12.2 Å². The molecule has 0 spiro atoms. The Labute approximate surface area is 118 Å². The number of carbonyl (C=O) groups is 2. The fraction of sp³-hybridized carbons (Fsp3) is 0.750. The molecule has 0 radical (unpaired) electrons. The first-order chi connectivity index (χ1) is 8.99. The van der Waals surface area contributed by atoms with E-state index >= 15 is 0 Å². The number of rotatable bonds is 7. The predicted molar refractivity (Wildman–Crippen MR) is 75.3 cm³/mol. The molecule has 0 aromatic heterocycles. The lowest BCUT2D eigenvalue weighted by atomic mass is 9.79. The lowest BCUT2D eigenvalue weighted by Gasteiger charge is -2.34. The number of hydrogen-bond donors (Lipinski definition) is 3. The zero-order valence-electron chi connectivity index (χ0n) is 10.9. The normalized spacial score (nSPS) is 17.7. The molecule has 1 fully saturated rings. The highest BCUT2D eigenvalue weighted by molar-refractivity contribution is 7.80. The molecular formula is C12H21N3O3S. The molecule has 1 saturated heterocycles. The average Bonchev–Trinajstić information content (AvgIpc) is 2.38. The van der Waals surface area contributed by atoms with E-state index in [0.29, 0.717) is 51.9 Å². The molecule has 2 amide bonds. The second-order valence-corrected chi connectivity index (χ2v) is 5.18. The van der Waals surface area contributed by atoms with E-state index in [2.05, 4.69) is 5.32 Å². The van der Waals surface area contributed by atoms with Crippen LogP contribution in [0, 0.1) is 5.41 Å². The van der Waals surface area contributed by atoms with Gasteiger partial charge in [0.1, 0.15) is 5.41 Å². The van der Waals surface area contributed by atoms with Gasteiger partial charge in [0.05, 0.1) is 4.99 Å². The van der Waals surface area contributed by atoms with E-state index in [1.54, 1.807) is 0 Å². The van der Waals surface area contributed by atoms with E-state index in [0.717, 1.165) is 0 Å². The third-order valence-corrected chi connectivity index (χ3v) is 3.78. The standard InChI is InChI=1S/C12H21N3O3S/c13-9(16)3-1-2-6-15-11(17)12(10(14)19)4-7-18-8-5-12/h1-8H2,(H2,13,16)(H2,14,19)(H,15,17). The fourth-order valence-electron chi connectivity index (χ4n) is 2.10. The van der Waals surface area contributed by atoms with Crippen molar-refractivity contribution in [1.29, 1.82) is 0 Å². The summed E-state index contributed by atoms with van der Waals surface area (Å²) < 4.78 is 5.25. The summed E-state index contributed by atoms with van der Waals surface area (Å²) in [6.45, 7) is 1.48. The quantitative estimate of drug-likeness (QED) is 0.445. The number of ether oxygens (including phenoxy) is 1. The van der Waals surface area contributed by atoms with Crippen molar-refractivity contribution < 1.29 is 14.3 Å². The highest BCUT2D eigenvalue weighted by Crippen LogP contribution is 2.31. The molecule has 0 unspecified atom stereocenters. The molecule has 0 saturated carbocycles. The number of hydrogen-bond acceptors (Lipinski definition) is 4. The Hall–Kier alpha value is -1.21. The summed E-state index contributed by atoms with van der Waals surface area (Å²) >= 11 is 5.04. The molecule has 19 heavy (non-hydrogen) atoms. The van der Waals surface area contributed by atoms with Gasteiger partial charge in [-0.3, -0.25) is 9.59 Å². The molecule has 0 atom stereocenters. The smallest absolute Gasteiger partial charge is 0.233 e. The van der Waals surface area contributed by atoms with Gasteiger partial charge in [0, 0.05) is 26.2 Å². The second-order valence-electron chi connectivity index (χ2n) is 4.74. The summed E-state index contributed by atoms with van der Waals surface area (Å²) in [5.41, 5.74) is 9.98. The van der Waals surface area contributed by atoms with Crippen LogP contribution in [-0.2, 0) is 14.3 Å². The van der Waals surface area contributed by atoms with Crippen LogP contribution in [0.25, 0.3) is 0 Å². The van der Waals surface area contributed by atoms with E-state index in [1.807, 2.05) is 0 Å². The van der Waals surface area contributed by atoms with Crippen molar-refractivity contribution in [3.63, 3.8) is 0 Å². The van der Waals surface area contributed by atoms with Crippen LogP contribution in [0.5, 0.6) is 0 Å². The average molecular weight is 287 g/mol. The second kappa shape index (κ2) is 7.40. The first-order valence-corrected chi connectivity index (χ1v) is 6.84. The van der Waals surface area contributed by atoms with Gasteiger partial charge in [-0.25, -0.2) is 0 Å². The zero-order valence-corrected chi connectivity index (χ0v) is 11.8. The van der Waals surface area contributed by atoms with Crippen LogP contribution < -0.4 is 16.8 Å². The summed E-state index contributed by atoms with van der Waals surface area (Å²) in [4.78, 5) is 23.0. The topological polar surface area (TPSA) is 107 Å². The predicted octanol–water partition coefficient (Wildman–Crippen LogP) is -0.159. The summed E-state index contributed by atoms with van der Waals surface area (Å²) in [5.74, 6) is -0.460. The van der Waals surface area contributed by atoms with Crippen molar-refractivity contribution in [3.05, 3.63) is 0 Å². The van der Waals surface area contributed by atoms with Crippen molar-refractivity contribution in [2.45, 2.75) is 32.1 Å². The van der Waals surface area contributed by atoms with E-state index < -0.39 is 5.41 Å². The van der Waals surface area contributed by atoms with Crippen LogP contribution in [0.4, 0.5) is 0 Å². The number of nitrogens with two attached hydrogens (primary N) is 2. The van der Waals surface area contributed by atoms with Crippen LogP contribution in [0.15, 0.2) is 0 Å². The van der Waals surface area contributed by atoms with Crippen molar-refractivity contribution in [2.24, 2.45) is 16.9 Å². The maximum absolute atomic E-state index is 12.2. The Balaban J connectivity index is 2.41. The van der Waals surface area contributed by atoms with Crippen molar-refractivity contribution >= 4 is 29.0 Å². The van der Waals surface area contributed by atoms with E-state index in [9.17, 15) is 9.59 Å². The minimum Gasteiger partial charge on any atom is -0.392 e. The largest absolute Gasteiger partial charge is 0.392 e. The van der Waals surface area contributed by atoms with Gasteiger partial charge in [0.25, 0.3) is 0 Å². The Kier molecular flexibility index (Phi) is 6.17. The third-order valence-electron chi connectivity index (χ3n) is 3.39. The lowest BCUT2D eigenvalue weighted by molar-refractivity contribution is -0.131. The number of unbranched alkanes of at least 4 members (excludes halogenated alkanes) is 1. The molecule has 108 valence electrons. The Bertz CT molecular complexity index is 354. The Morgan fingerprint density at radius 2 is 1.84 bits per heavy atom. The summed E-state index contributed by atoms with van der Waals surface area (Å²) in [6, 6.07) is 0. The van der Waals surface area contributed by atoms with Gasteiger partial charge in [-0.2, -0.15) is 0 Å². The molecule has 5 N–H and O–H groups in total. The summed E-state index contributed by atoms with van der Waals surface area (Å²) in [6.07, 6.45) is 2.76. The van der Waals surface area contributed by atoms with Gasteiger partial charge in [0.2, 0.25) is 11.8 Å². The Morgan fingerprint density at radius 1 is 1.21 bits per heavy atom. The SMILES string of the molecule is NC(=O)CCCCNC(=O)C1(C(N)=S)CCOCC1. The molecule has 0 bridgehead atoms. The highest BCUT2D eigenvalue weighted by atomic mass is 32.1. The van der Waals surface area contributed by atoms with E-state index in [1.165, 1.54) is 0 Å². The van der Waals surface area contributed by atoms with Crippen LogP contribution in [0.3, 0.4) is 0 Å². The van der Waals surface area contributed by atoms with E-state index in [-0.39, 0.29) is 16.8 Å². The van der Waals surface area contributed by atoms with Gasteiger partial charge in [0.15, 0.2) is 0 Å². The molecule has 0 aromatic rings. The molecule has 7 heteroatoms. The van der Waals surface area contributed by atoms with Crippen LogP contribution in [0.1, 0.15) is 32.1 Å². The molecule has 1 rings (SSSR count). The molecule has 0 aliphatic carbocycles. The molecular weight excluding hydrogens is 266 g/mol. The van der Waals surface area contributed by atoms with Gasteiger partial charge in [-0.1, -0.05) is 12.2 Å². The third kappa shape index (κ3) is 4.43. The van der Waals surface area contributed by atoms with Crippen molar-refractivity contribution in [2.75, 3.05) is 19.8 Å². The lowest BCUT2D eigenvalue weighted by Crippen LogP contribution is -2.52. The van der Waals surface area contributed by atoms with Crippen LogP contribution in [-0.4, -0.2) is 36.6 Å². The summed E-state index contributed by atoms with van der Waals surface area (Å²) in [7, 11) is 0. The monoisotopic (exact) mass is 287 g/mol. The van der Waals surface area contributed by atoms with Crippen LogP contribution in [0.2, 0.25) is 0 Å². The minimum absolute atomic E-state index is 0.137. The summed E-state index contributed by atoms with van der Waals surface area (Å²) in [5, 5.41) is 2.83. The Morgan fingerprint density at radius 3 is 2.37 bits per heavy atom.